The van der Waals surface area contributed by atoms with Crippen molar-refractivity contribution in [2.45, 2.75) is 13.8 Å². The van der Waals surface area contributed by atoms with Crippen molar-refractivity contribution < 1.29 is 9.90 Å². The van der Waals surface area contributed by atoms with E-state index in [-0.39, 0.29) is 5.57 Å². The second-order valence-corrected chi connectivity index (χ2v) is 2.15. The van der Waals surface area contributed by atoms with Crippen molar-refractivity contribution in [3.05, 3.63) is 23.3 Å². The number of nitrogens with zero attached hydrogens (tertiary/aromatic N) is 1. The highest BCUT2D eigenvalue weighted by Crippen LogP contribution is 2.00. The number of aliphatic carboxylic acids is 1. The van der Waals surface area contributed by atoms with Crippen LogP contribution >= 0.6 is 0 Å². The molecule has 0 aliphatic carbocycles. The molecule has 0 aliphatic rings. The molecule has 3 heteroatoms. The topological polar surface area (TPSA) is 61.1 Å². The highest BCUT2D eigenvalue weighted by molar-refractivity contribution is 5.86. The Labute approximate surface area is 65.3 Å². The molecular weight excluding hydrogens is 142 g/mol. The Morgan fingerprint density at radius 3 is 2.45 bits per heavy atom. The number of nitriles is 1. The molecular formula is C8H9NO2. The maximum atomic E-state index is 10.3. The smallest absolute Gasteiger partial charge is 0.331 e. The number of hydrogen-bond acceptors (Lipinski definition) is 2. The molecule has 0 heterocycles. The van der Waals surface area contributed by atoms with Gasteiger partial charge >= 0.3 is 5.97 Å². The average molecular weight is 151 g/mol. The Morgan fingerprint density at radius 2 is 2.09 bits per heavy atom. The van der Waals surface area contributed by atoms with Gasteiger partial charge in [0.1, 0.15) is 0 Å². The molecule has 11 heavy (non-hydrogen) atoms. The molecule has 0 saturated carbocycles. The molecule has 0 rings (SSSR count). The van der Waals surface area contributed by atoms with Crippen molar-refractivity contribution in [2.75, 3.05) is 0 Å². The quantitative estimate of drug-likeness (QED) is 0.369. The molecule has 0 amide bonds. The molecule has 0 bridgehead atoms. The Balaban J connectivity index is 4.46. The zero-order valence-electron chi connectivity index (χ0n) is 6.46. The first-order valence-corrected chi connectivity index (χ1v) is 3.06. The lowest BCUT2D eigenvalue weighted by Crippen LogP contribution is -1.95. The first-order valence-electron chi connectivity index (χ1n) is 3.06. The number of hydrogen-bond donors (Lipinski definition) is 1. The summed E-state index contributed by atoms with van der Waals surface area (Å²) >= 11 is 0. The van der Waals surface area contributed by atoms with Gasteiger partial charge in [-0.15, -0.1) is 0 Å². The molecule has 0 spiro atoms. The monoisotopic (exact) mass is 151 g/mol. The van der Waals surface area contributed by atoms with Crippen LogP contribution in [-0.4, -0.2) is 11.1 Å². The third kappa shape index (κ3) is 3.93. The van der Waals surface area contributed by atoms with Crippen LogP contribution in [0, 0.1) is 11.3 Å². The van der Waals surface area contributed by atoms with Crippen molar-refractivity contribution >= 4 is 5.97 Å². The van der Waals surface area contributed by atoms with Gasteiger partial charge in [-0.05, 0) is 25.5 Å². The molecule has 58 valence electrons. The van der Waals surface area contributed by atoms with Crippen LogP contribution in [0.5, 0.6) is 0 Å². The maximum absolute atomic E-state index is 10.3. The molecule has 0 atom stereocenters. The van der Waals surface area contributed by atoms with Gasteiger partial charge in [0, 0.05) is 11.6 Å². The van der Waals surface area contributed by atoms with Crippen molar-refractivity contribution in [3.8, 4) is 6.07 Å². The molecule has 3 nitrogen and oxygen atoms in total. The van der Waals surface area contributed by atoms with E-state index in [4.69, 9.17) is 10.4 Å². The molecule has 1 N–H and O–H groups in total. The van der Waals surface area contributed by atoms with Crippen LogP contribution in [0.15, 0.2) is 23.3 Å². The van der Waals surface area contributed by atoms with E-state index in [2.05, 4.69) is 0 Å². The largest absolute Gasteiger partial charge is 0.478 e. The minimum atomic E-state index is -0.962. The second kappa shape index (κ2) is 4.29. The zero-order chi connectivity index (χ0) is 8.85. The lowest BCUT2D eigenvalue weighted by atomic mass is 10.2. The number of rotatable bonds is 2. The van der Waals surface area contributed by atoms with Gasteiger partial charge in [0.2, 0.25) is 0 Å². The Hall–Kier alpha value is -1.56. The van der Waals surface area contributed by atoms with E-state index in [1.807, 2.05) is 6.07 Å². The molecule has 0 radical (unpaired) electrons. The molecule has 0 fully saturated rings. The standard InChI is InChI=1S/C8H9NO2/c1-6(3-4-9)5-7(2)8(10)11/h3,5H,1-2H3,(H,10,11). The number of carbonyl (C=O) groups is 1. The zero-order valence-corrected chi connectivity index (χ0v) is 6.46. The number of allylic oxidation sites excluding steroid dienone is 3. The van der Waals surface area contributed by atoms with Crippen LogP contribution in [-0.2, 0) is 4.79 Å². The van der Waals surface area contributed by atoms with E-state index >= 15 is 0 Å². The van der Waals surface area contributed by atoms with Gasteiger partial charge in [-0.25, -0.2) is 4.79 Å². The minimum Gasteiger partial charge on any atom is -0.478 e. The van der Waals surface area contributed by atoms with E-state index in [9.17, 15) is 4.79 Å². The van der Waals surface area contributed by atoms with Crippen LogP contribution < -0.4 is 0 Å². The van der Waals surface area contributed by atoms with Gasteiger partial charge in [0.25, 0.3) is 0 Å². The van der Waals surface area contributed by atoms with E-state index in [1.165, 1.54) is 19.1 Å². The Bertz CT molecular complexity index is 256. The van der Waals surface area contributed by atoms with Crippen LogP contribution in [0.3, 0.4) is 0 Å². The van der Waals surface area contributed by atoms with Crippen LogP contribution in [0.25, 0.3) is 0 Å². The van der Waals surface area contributed by atoms with Crippen molar-refractivity contribution in [3.63, 3.8) is 0 Å². The van der Waals surface area contributed by atoms with Crippen molar-refractivity contribution in [1.29, 1.82) is 5.26 Å². The average Bonchev–Trinajstić information content (AvgIpc) is 1.87. The summed E-state index contributed by atoms with van der Waals surface area (Å²) in [7, 11) is 0. The third-order valence-corrected chi connectivity index (χ3v) is 1.07. The number of carboxylic acid groups (broad SMARTS) is 1. The van der Waals surface area contributed by atoms with Gasteiger partial charge in [0.05, 0.1) is 6.07 Å². The molecule has 0 aromatic heterocycles. The fourth-order valence-electron chi connectivity index (χ4n) is 0.547. The normalized spacial score (nSPS) is 12.5. The van der Waals surface area contributed by atoms with Crippen molar-refractivity contribution in [1.82, 2.24) is 0 Å². The first kappa shape index (κ1) is 9.44. The van der Waals surface area contributed by atoms with Gasteiger partial charge < -0.3 is 5.11 Å². The lowest BCUT2D eigenvalue weighted by Gasteiger charge is -1.91. The fourth-order valence-corrected chi connectivity index (χ4v) is 0.547. The summed E-state index contributed by atoms with van der Waals surface area (Å²) in [5, 5.41) is 16.6. The minimum absolute atomic E-state index is 0.231. The SMILES string of the molecule is CC(=CC#N)C=C(C)C(=O)O. The molecule has 0 saturated heterocycles. The molecule has 0 aromatic carbocycles. The summed E-state index contributed by atoms with van der Waals surface area (Å²) in [6, 6.07) is 1.81. The summed E-state index contributed by atoms with van der Waals surface area (Å²) in [4.78, 5) is 10.3. The molecule has 0 aliphatic heterocycles. The first-order chi connectivity index (χ1) is 5.07. The third-order valence-electron chi connectivity index (χ3n) is 1.07. The van der Waals surface area contributed by atoms with E-state index < -0.39 is 5.97 Å². The van der Waals surface area contributed by atoms with Crippen molar-refractivity contribution in [2.24, 2.45) is 0 Å². The fraction of sp³-hybridized carbons (Fsp3) is 0.250. The summed E-state index contributed by atoms with van der Waals surface area (Å²) in [6.07, 6.45) is 2.75. The summed E-state index contributed by atoms with van der Waals surface area (Å²) in [5.41, 5.74) is 0.876. The van der Waals surface area contributed by atoms with Gasteiger partial charge in [-0.1, -0.05) is 0 Å². The summed E-state index contributed by atoms with van der Waals surface area (Å²) in [6.45, 7) is 3.16. The maximum Gasteiger partial charge on any atom is 0.331 e. The van der Waals surface area contributed by atoms with Crippen LogP contribution in [0.1, 0.15) is 13.8 Å². The van der Waals surface area contributed by atoms with E-state index in [0.717, 1.165) is 0 Å². The van der Waals surface area contributed by atoms with Crippen LogP contribution in [0.4, 0.5) is 0 Å². The summed E-state index contributed by atoms with van der Waals surface area (Å²) in [5.74, 6) is -0.962. The molecule has 0 aromatic rings. The second-order valence-electron chi connectivity index (χ2n) is 2.15. The molecule has 0 unspecified atom stereocenters. The number of carboxylic acids is 1. The van der Waals surface area contributed by atoms with E-state index in [0.29, 0.717) is 5.57 Å². The lowest BCUT2D eigenvalue weighted by molar-refractivity contribution is -0.132. The van der Waals surface area contributed by atoms with Crippen LogP contribution in [0.2, 0.25) is 0 Å². The van der Waals surface area contributed by atoms with Gasteiger partial charge in [0.15, 0.2) is 0 Å². The predicted octanol–water partition coefficient (Wildman–Crippen LogP) is 1.49. The van der Waals surface area contributed by atoms with Gasteiger partial charge in [-0.2, -0.15) is 5.26 Å². The Morgan fingerprint density at radius 1 is 1.55 bits per heavy atom. The van der Waals surface area contributed by atoms with E-state index in [1.54, 1.807) is 6.92 Å². The highest BCUT2D eigenvalue weighted by Gasteiger charge is 1.97. The highest BCUT2D eigenvalue weighted by atomic mass is 16.4. The predicted molar refractivity (Wildman–Crippen MR) is 40.8 cm³/mol. The summed E-state index contributed by atoms with van der Waals surface area (Å²) < 4.78 is 0. The van der Waals surface area contributed by atoms with Gasteiger partial charge in [-0.3, -0.25) is 0 Å². The Kier molecular flexibility index (Phi) is 3.68.